The van der Waals surface area contributed by atoms with Crippen LogP contribution in [-0.4, -0.2) is 23.9 Å². The third-order valence-electron chi connectivity index (χ3n) is 4.96. The molecular formula is C21H25NO. The molecule has 2 heteroatoms. The molecule has 1 saturated heterocycles. The van der Waals surface area contributed by atoms with E-state index in [1.54, 1.807) is 0 Å². The monoisotopic (exact) mass is 307 g/mol. The maximum absolute atomic E-state index is 12.8. The Morgan fingerprint density at radius 2 is 1.78 bits per heavy atom. The van der Waals surface area contributed by atoms with Gasteiger partial charge in [-0.15, -0.1) is 0 Å². The van der Waals surface area contributed by atoms with Gasteiger partial charge >= 0.3 is 0 Å². The summed E-state index contributed by atoms with van der Waals surface area (Å²) in [7, 11) is 0. The first kappa shape index (κ1) is 15.8. The number of aryl methyl sites for hydroxylation is 2. The lowest BCUT2D eigenvalue weighted by atomic mass is 9.98. The van der Waals surface area contributed by atoms with E-state index in [4.69, 9.17) is 0 Å². The Labute approximate surface area is 139 Å². The third kappa shape index (κ3) is 3.31. The number of rotatable bonds is 4. The zero-order valence-electron chi connectivity index (χ0n) is 14.1. The largest absolute Gasteiger partial charge is 0.338 e. The highest BCUT2D eigenvalue weighted by Gasteiger charge is 2.28. The van der Waals surface area contributed by atoms with Gasteiger partial charge in [-0.3, -0.25) is 4.79 Å². The molecule has 23 heavy (non-hydrogen) atoms. The van der Waals surface area contributed by atoms with Gasteiger partial charge in [0, 0.05) is 24.6 Å². The Morgan fingerprint density at radius 1 is 1.04 bits per heavy atom. The maximum atomic E-state index is 12.8. The van der Waals surface area contributed by atoms with E-state index in [0.717, 1.165) is 37.9 Å². The van der Waals surface area contributed by atoms with E-state index in [0.29, 0.717) is 5.92 Å². The van der Waals surface area contributed by atoms with Gasteiger partial charge in [0.15, 0.2) is 0 Å². The minimum atomic E-state index is 0.181. The Morgan fingerprint density at radius 3 is 2.48 bits per heavy atom. The third-order valence-corrected chi connectivity index (χ3v) is 4.96. The van der Waals surface area contributed by atoms with Crippen LogP contribution in [0.2, 0.25) is 0 Å². The second kappa shape index (κ2) is 6.99. The minimum Gasteiger partial charge on any atom is -0.338 e. The molecule has 2 aromatic carbocycles. The topological polar surface area (TPSA) is 20.3 Å². The zero-order valence-corrected chi connectivity index (χ0v) is 14.1. The van der Waals surface area contributed by atoms with Crippen molar-refractivity contribution in [1.29, 1.82) is 0 Å². The first-order valence-corrected chi connectivity index (χ1v) is 8.69. The van der Waals surface area contributed by atoms with Crippen molar-refractivity contribution in [2.45, 2.75) is 39.0 Å². The van der Waals surface area contributed by atoms with E-state index in [-0.39, 0.29) is 5.91 Å². The number of carbonyl (C=O) groups is 1. The van der Waals surface area contributed by atoms with Crippen molar-refractivity contribution in [2.75, 3.05) is 13.1 Å². The highest BCUT2D eigenvalue weighted by atomic mass is 16.2. The summed E-state index contributed by atoms with van der Waals surface area (Å²) in [5.41, 5.74) is 4.84. The fourth-order valence-electron chi connectivity index (χ4n) is 3.56. The molecule has 0 N–H and O–H groups in total. The molecule has 2 aromatic rings. The summed E-state index contributed by atoms with van der Waals surface area (Å²) in [6, 6.07) is 16.8. The first-order valence-electron chi connectivity index (χ1n) is 8.69. The lowest BCUT2D eigenvalue weighted by Crippen LogP contribution is -2.28. The van der Waals surface area contributed by atoms with Crippen LogP contribution in [0, 0.1) is 0 Å². The van der Waals surface area contributed by atoms with E-state index >= 15 is 0 Å². The van der Waals surface area contributed by atoms with Crippen molar-refractivity contribution in [3.8, 4) is 0 Å². The van der Waals surface area contributed by atoms with E-state index in [2.05, 4.69) is 50.2 Å². The standard InChI is InChI=1S/C21H25NO/c1-3-16-10-11-19(14-17(16)4-2)21(23)22-13-12-20(15-22)18-8-6-5-7-9-18/h5-11,14,20H,3-4,12-13,15H2,1-2H3. The van der Waals surface area contributed by atoms with E-state index in [1.165, 1.54) is 16.7 Å². The van der Waals surface area contributed by atoms with Gasteiger partial charge in [-0.25, -0.2) is 0 Å². The highest BCUT2D eigenvalue weighted by Crippen LogP contribution is 2.28. The molecule has 2 nitrogen and oxygen atoms in total. The van der Waals surface area contributed by atoms with Crippen LogP contribution in [-0.2, 0) is 12.8 Å². The van der Waals surface area contributed by atoms with Gasteiger partial charge < -0.3 is 4.90 Å². The smallest absolute Gasteiger partial charge is 0.253 e. The van der Waals surface area contributed by atoms with Gasteiger partial charge in [0.05, 0.1) is 0 Å². The average Bonchev–Trinajstić information content (AvgIpc) is 3.11. The number of likely N-dealkylation sites (tertiary alicyclic amines) is 1. The Bertz CT molecular complexity index is 677. The molecule has 1 unspecified atom stereocenters. The quantitative estimate of drug-likeness (QED) is 0.817. The first-order chi connectivity index (χ1) is 11.2. The number of nitrogens with zero attached hydrogens (tertiary/aromatic N) is 1. The summed E-state index contributed by atoms with van der Waals surface area (Å²) < 4.78 is 0. The van der Waals surface area contributed by atoms with Crippen LogP contribution in [0.25, 0.3) is 0 Å². The molecule has 120 valence electrons. The number of carbonyl (C=O) groups excluding carboxylic acids is 1. The Kier molecular flexibility index (Phi) is 4.80. The molecule has 1 aliphatic heterocycles. The summed E-state index contributed by atoms with van der Waals surface area (Å²) in [5, 5.41) is 0. The van der Waals surface area contributed by atoms with Crippen molar-refractivity contribution in [2.24, 2.45) is 0 Å². The van der Waals surface area contributed by atoms with Gasteiger partial charge in [0.2, 0.25) is 0 Å². The predicted molar refractivity (Wildman–Crippen MR) is 94.9 cm³/mol. The highest BCUT2D eigenvalue weighted by molar-refractivity contribution is 5.94. The van der Waals surface area contributed by atoms with E-state index in [1.807, 2.05) is 17.0 Å². The van der Waals surface area contributed by atoms with Crippen molar-refractivity contribution in [1.82, 2.24) is 4.90 Å². The molecule has 1 heterocycles. The summed E-state index contributed by atoms with van der Waals surface area (Å²) in [5.74, 6) is 0.654. The van der Waals surface area contributed by atoms with Gasteiger partial charge in [-0.1, -0.05) is 50.2 Å². The summed E-state index contributed by atoms with van der Waals surface area (Å²) in [4.78, 5) is 14.8. The number of benzene rings is 2. The fraction of sp³-hybridized carbons (Fsp3) is 0.381. The van der Waals surface area contributed by atoms with Gasteiger partial charge in [0.25, 0.3) is 5.91 Å². The van der Waals surface area contributed by atoms with Crippen LogP contribution in [0.4, 0.5) is 0 Å². The summed E-state index contributed by atoms with van der Waals surface area (Å²) >= 11 is 0. The van der Waals surface area contributed by atoms with Crippen molar-refractivity contribution in [3.05, 3.63) is 70.8 Å². The van der Waals surface area contributed by atoms with Crippen LogP contribution >= 0.6 is 0 Å². The van der Waals surface area contributed by atoms with Crippen LogP contribution in [0.1, 0.15) is 53.2 Å². The Balaban J connectivity index is 1.74. The fourth-order valence-corrected chi connectivity index (χ4v) is 3.56. The molecule has 3 rings (SSSR count). The zero-order chi connectivity index (χ0) is 16.2. The molecule has 0 aromatic heterocycles. The molecule has 0 spiro atoms. The molecule has 1 amide bonds. The van der Waals surface area contributed by atoms with Gasteiger partial charge in [-0.2, -0.15) is 0 Å². The second-order valence-corrected chi connectivity index (χ2v) is 6.34. The maximum Gasteiger partial charge on any atom is 0.253 e. The molecule has 1 fully saturated rings. The Hall–Kier alpha value is -2.09. The van der Waals surface area contributed by atoms with Crippen LogP contribution in [0.5, 0.6) is 0 Å². The lowest BCUT2D eigenvalue weighted by Gasteiger charge is -2.18. The number of hydrogen-bond donors (Lipinski definition) is 0. The molecule has 0 radical (unpaired) electrons. The van der Waals surface area contributed by atoms with Gasteiger partial charge in [-0.05, 0) is 48.1 Å². The molecule has 1 aliphatic rings. The minimum absolute atomic E-state index is 0.181. The number of hydrogen-bond acceptors (Lipinski definition) is 1. The van der Waals surface area contributed by atoms with Crippen molar-refractivity contribution < 1.29 is 4.79 Å². The molecule has 1 atom stereocenters. The number of amides is 1. The van der Waals surface area contributed by atoms with Crippen molar-refractivity contribution >= 4 is 5.91 Å². The SMILES string of the molecule is CCc1ccc(C(=O)N2CCC(c3ccccc3)C2)cc1CC. The predicted octanol–water partition coefficient (Wildman–Crippen LogP) is 4.44. The lowest BCUT2D eigenvalue weighted by molar-refractivity contribution is 0.0790. The van der Waals surface area contributed by atoms with E-state index in [9.17, 15) is 4.79 Å². The molecule has 0 aliphatic carbocycles. The van der Waals surface area contributed by atoms with Crippen LogP contribution in [0.15, 0.2) is 48.5 Å². The van der Waals surface area contributed by atoms with Crippen LogP contribution in [0.3, 0.4) is 0 Å². The summed E-state index contributed by atoms with van der Waals surface area (Å²) in [6.07, 6.45) is 3.07. The molecular weight excluding hydrogens is 282 g/mol. The van der Waals surface area contributed by atoms with Gasteiger partial charge in [0.1, 0.15) is 0 Å². The van der Waals surface area contributed by atoms with Crippen molar-refractivity contribution in [3.63, 3.8) is 0 Å². The molecule has 0 bridgehead atoms. The normalized spacial score (nSPS) is 17.5. The summed E-state index contributed by atoms with van der Waals surface area (Å²) in [6.45, 7) is 6.01. The molecule has 0 saturated carbocycles. The average molecular weight is 307 g/mol. The van der Waals surface area contributed by atoms with E-state index < -0.39 is 0 Å². The van der Waals surface area contributed by atoms with Crippen LogP contribution < -0.4 is 0 Å². The second-order valence-electron chi connectivity index (χ2n) is 6.34.